The smallest absolute Gasteiger partial charge is 0.245 e. The van der Waals surface area contributed by atoms with Crippen molar-refractivity contribution in [3.8, 4) is 10.7 Å². The lowest BCUT2D eigenvalue weighted by atomic mass is 10.1. The number of thiophene rings is 1. The van der Waals surface area contributed by atoms with Crippen LogP contribution in [0.2, 0.25) is 0 Å². The lowest BCUT2D eigenvalue weighted by molar-refractivity contribution is 0.500. The van der Waals surface area contributed by atoms with E-state index >= 15 is 0 Å². The fourth-order valence-electron chi connectivity index (χ4n) is 2.30. The molecule has 3 N–H and O–H groups in total. The van der Waals surface area contributed by atoms with E-state index in [-0.39, 0.29) is 6.04 Å². The van der Waals surface area contributed by atoms with E-state index in [0.717, 1.165) is 42.6 Å². The molecule has 0 bridgehead atoms. The van der Waals surface area contributed by atoms with Gasteiger partial charge in [-0.2, -0.15) is 4.98 Å². The topological polar surface area (TPSA) is 70.8 Å². The number of nitrogens with two attached hydrogens (primary N) is 1. The van der Waals surface area contributed by atoms with Gasteiger partial charge in [-0.3, -0.25) is 5.10 Å². The summed E-state index contributed by atoms with van der Waals surface area (Å²) in [6, 6.07) is 2.34. The Morgan fingerprint density at radius 3 is 3.17 bits per heavy atom. The number of nitrogens with one attached hydrogen (secondary N) is 1. The summed E-state index contributed by atoms with van der Waals surface area (Å²) in [5, 5.41) is 9.41. The number of hydrogen-bond donors (Lipinski definition) is 2. The molecule has 0 radical (unpaired) electrons. The highest BCUT2D eigenvalue weighted by atomic mass is 32.1. The second kappa shape index (κ2) is 4.70. The van der Waals surface area contributed by atoms with Gasteiger partial charge in [0.15, 0.2) is 5.82 Å². The van der Waals surface area contributed by atoms with Gasteiger partial charge in [0.25, 0.3) is 0 Å². The number of H-pyrrole nitrogens is 1. The van der Waals surface area contributed by atoms with Crippen LogP contribution in [-0.4, -0.2) is 34.3 Å². The number of anilines is 1. The van der Waals surface area contributed by atoms with Crippen LogP contribution in [0.5, 0.6) is 0 Å². The number of aryl methyl sites for hydroxylation is 1. The van der Waals surface area contributed by atoms with Crippen molar-refractivity contribution < 1.29 is 0 Å². The predicted octanol–water partition coefficient (Wildman–Crippen LogP) is 1.77. The zero-order valence-electron chi connectivity index (χ0n) is 10.4. The molecular weight excluding hydrogens is 246 g/mol. The molecule has 5 nitrogen and oxygen atoms in total. The minimum Gasteiger partial charge on any atom is -0.338 e. The Bertz CT molecular complexity index is 532. The van der Waals surface area contributed by atoms with Crippen LogP contribution >= 0.6 is 11.3 Å². The van der Waals surface area contributed by atoms with Gasteiger partial charge in [0.1, 0.15) is 0 Å². The first kappa shape index (κ1) is 11.7. The fourth-order valence-corrected chi connectivity index (χ4v) is 3.17. The average Bonchev–Trinajstić information content (AvgIpc) is 2.97. The average molecular weight is 263 g/mol. The molecule has 1 unspecified atom stereocenters. The molecule has 1 aliphatic heterocycles. The van der Waals surface area contributed by atoms with Crippen molar-refractivity contribution >= 4 is 17.3 Å². The van der Waals surface area contributed by atoms with Crippen molar-refractivity contribution in [1.29, 1.82) is 0 Å². The van der Waals surface area contributed by atoms with E-state index in [1.54, 1.807) is 11.3 Å². The monoisotopic (exact) mass is 263 g/mol. The first-order valence-electron chi connectivity index (χ1n) is 6.21. The SMILES string of the molecule is Cc1ccsc1-c1nc(N2CCCC(N)C2)n[nH]1. The third-order valence-corrected chi connectivity index (χ3v) is 4.31. The van der Waals surface area contributed by atoms with Gasteiger partial charge in [0, 0.05) is 19.1 Å². The quantitative estimate of drug-likeness (QED) is 0.866. The third-order valence-electron chi connectivity index (χ3n) is 3.29. The summed E-state index contributed by atoms with van der Waals surface area (Å²) in [4.78, 5) is 7.91. The predicted molar refractivity (Wildman–Crippen MR) is 73.9 cm³/mol. The summed E-state index contributed by atoms with van der Waals surface area (Å²) in [6.07, 6.45) is 2.21. The molecule has 1 saturated heterocycles. The molecule has 0 saturated carbocycles. The van der Waals surface area contributed by atoms with Crippen molar-refractivity contribution in [2.75, 3.05) is 18.0 Å². The maximum Gasteiger partial charge on any atom is 0.245 e. The maximum absolute atomic E-state index is 5.98. The molecular formula is C12H17N5S. The zero-order chi connectivity index (χ0) is 12.5. The largest absolute Gasteiger partial charge is 0.338 e. The second-order valence-electron chi connectivity index (χ2n) is 4.77. The Hall–Kier alpha value is -1.40. The van der Waals surface area contributed by atoms with Crippen molar-refractivity contribution in [2.45, 2.75) is 25.8 Å². The van der Waals surface area contributed by atoms with Gasteiger partial charge >= 0.3 is 0 Å². The summed E-state index contributed by atoms with van der Waals surface area (Å²) < 4.78 is 0. The number of nitrogens with zero attached hydrogens (tertiary/aromatic N) is 3. The number of hydrogen-bond acceptors (Lipinski definition) is 5. The molecule has 0 amide bonds. The summed E-state index contributed by atoms with van der Waals surface area (Å²) in [6.45, 7) is 3.93. The van der Waals surface area contributed by atoms with E-state index in [0.29, 0.717) is 0 Å². The third kappa shape index (κ3) is 2.13. The van der Waals surface area contributed by atoms with Gasteiger partial charge in [-0.05, 0) is 36.8 Å². The summed E-state index contributed by atoms with van der Waals surface area (Å²) in [7, 11) is 0. The van der Waals surface area contributed by atoms with Gasteiger partial charge in [-0.25, -0.2) is 0 Å². The summed E-state index contributed by atoms with van der Waals surface area (Å²) in [5.41, 5.74) is 7.22. The minimum absolute atomic E-state index is 0.240. The number of aromatic amines is 1. The second-order valence-corrected chi connectivity index (χ2v) is 5.68. The molecule has 1 atom stereocenters. The molecule has 0 aromatic carbocycles. The van der Waals surface area contributed by atoms with Crippen molar-refractivity contribution in [3.05, 3.63) is 17.0 Å². The lowest BCUT2D eigenvalue weighted by Crippen LogP contribution is -2.43. The van der Waals surface area contributed by atoms with Crippen LogP contribution in [0.15, 0.2) is 11.4 Å². The highest BCUT2D eigenvalue weighted by molar-refractivity contribution is 7.13. The Labute approximate surface area is 110 Å². The van der Waals surface area contributed by atoms with Crippen LogP contribution in [-0.2, 0) is 0 Å². The molecule has 18 heavy (non-hydrogen) atoms. The molecule has 2 aromatic rings. The van der Waals surface area contributed by atoms with E-state index in [1.165, 1.54) is 5.56 Å². The van der Waals surface area contributed by atoms with E-state index in [9.17, 15) is 0 Å². The van der Waals surface area contributed by atoms with Crippen LogP contribution in [0.1, 0.15) is 18.4 Å². The van der Waals surface area contributed by atoms with Gasteiger partial charge in [-0.15, -0.1) is 16.4 Å². The highest BCUT2D eigenvalue weighted by Gasteiger charge is 2.20. The Balaban J connectivity index is 1.83. The van der Waals surface area contributed by atoms with Crippen LogP contribution in [0.3, 0.4) is 0 Å². The Kier molecular flexibility index (Phi) is 3.05. The van der Waals surface area contributed by atoms with Gasteiger partial charge in [0.2, 0.25) is 5.95 Å². The van der Waals surface area contributed by atoms with Crippen LogP contribution < -0.4 is 10.6 Å². The van der Waals surface area contributed by atoms with E-state index < -0.39 is 0 Å². The number of aromatic nitrogens is 3. The number of piperidine rings is 1. The fraction of sp³-hybridized carbons (Fsp3) is 0.500. The molecule has 3 rings (SSSR count). The van der Waals surface area contributed by atoms with Crippen molar-refractivity contribution in [1.82, 2.24) is 15.2 Å². The molecule has 3 heterocycles. The van der Waals surface area contributed by atoms with Crippen LogP contribution in [0, 0.1) is 6.92 Å². The van der Waals surface area contributed by atoms with E-state index in [2.05, 4.69) is 38.5 Å². The van der Waals surface area contributed by atoms with Gasteiger partial charge < -0.3 is 10.6 Å². The lowest BCUT2D eigenvalue weighted by Gasteiger charge is -2.29. The first-order chi connectivity index (χ1) is 8.74. The number of rotatable bonds is 2. The zero-order valence-corrected chi connectivity index (χ0v) is 11.2. The van der Waals surface area contributed by atoms with E-state index in [4.69, 9.17) is 5.73 Å². The molecule has 2 aromatic heterocycles. The minimum atomic E-state index is 0.240. The Morgan fingerprint density at radius 1 is 1.56 bits per heavy atom. The first-order valence-corrected chi connectivity index (χ1v) is 7.09. The molecule has 6 heteroatoms. The molecule has 0 aliphatic carbocycles. The molecule has 1 fully saturated rings. The van der Waals surface area contributed by atoms with Gasteiger partial charge in [-0.1, -0.05) is 0 Å². The normalized spacial score (nSPS) is 20.3. The molecule has 1 aliphatic rings. The van der Waals surface area contributed by atoms with Crippen LogP contribution in [0.4, 0.5) is 5.95 Å². The molecule has 0 spiro atoms. The Morgan fingerprint density at radius 2 is 2.44 bits per heavy atom. The standard InChI is InChI=1S/C12H17N5S/c1-8-4-6-18-10(8)11-14-12(16-15-11)17-5-2-3-9(13)7-17/h4,6,9H,2-3,5,7,13H2,1H3,(H,14,15,16). The van der Waals surface area contributed by atoms with Gasteiger partial charge in [0.05, 0.1) is 4.88 Å². The summed E-state index contributed by atoms with van der Waals surface area (Å²) >= 11 is 1.69. The van der Waals surface area contributed by atoms with Crippen molar-refractivity contribution in [2.24, 2.45) is 5.73 Å². The summed E-state index contributed by atoms with van der Waals surface area (Å²) in [5.74, 6) is 1.63. The van der Waals surface area contributed by atoms with Crippen molar-refractivity contribution in [3.63, 3.8) is 0 Å². The maximum atomic E-state index is 5.98. The van der Waals surface area contributed by atoms with Crippen LogP contribution in [0.25, 0.3) is 10.7 Å². The molecule has 96 valence electrons. The highest BCUT2D eigenvalue weighted by Crippen LogP contribution is 2.27. The van der Waals surface area contributed by atoms with E-state index in [1.807, 2.05) is 0 Å².